The number of hydrogen-bond donors (Lipinski definition) is 2. The molecular weight excluding hydrogens is 286 g/mol. The Morgan fingerprint density at radius 2 is 1.91 bits per heavy atom. The van der Waals surface area contributed by atoms with Crippen LogP contribution in [0.1, 0.15) is 50.5 Å². The summed E-state index contributed by atoms with van der Waals surface area (Å²) < 4.78 is 0. The topological polar surface area (TPSA) is 38.7 Å². The lowest BCUT2D eigenvalue weighted by molar-refractivity contribution is 0.0272. The molecule has 2 heterocycles. The second-order valence-corrected chi connectivity index (χ2v) is 7.48. The lowest BCUT2D eigenvalue weighted by Gasteiger charge is -2.36. The zero-order chi connectivity index (χ0) is 15.6. The summed E-state index contributed by atoms with van der Waals surface area (Å²) in [4.78, 5) is 2.77. The fourth-order valence-electron chi connectivity index (χ4n) is 4.78. The molecule has 4 rings (SSSR count). The quantitative estimate of drug-likeness (QED) is 0.896. The van der Waals surface area contributed by atoms with Gasteiger partial charge in [0.15, 0.2) is 0 Å². The Hall–Kier alpha value is -1.10. The van der Waals surface area contributed by atoms with Crippen molar-refractivity contribution in [3.63, 3.8) is 0 Å². The Morgan fingerprint density at radius 3 is 2.74 bits per heavy atom. The zero-order valence-corrected chi connectivity index (χ0v) is 14.0. The van der Waals surface area contributed by atoms with Crippen LogP contribution in [0.25, 0.3) is 0 Å². The number of aromatic hydroxyl groups is 1. The molecule has 126 valence electrons. The summed E-state index contributed by atoms with van der Waals surface area (Å²) in [5.41, 5.74) is 4.99. The van der Waals surface area contributed by atoms with Gasteiger partial charge in [-0.2, -0.15) is 0 Å². The highest BCUT2D eigenvalue weighted by Crippen LogP contribution is 2.32. The van der Waals surface area contributed by atoms with Gasteiger partial charge < -0.3 is 5.11 Å². The molecule has 3 aliphatic rings. The third-order valence-corrected chi connectivity index (χ3v) is 5.87. The molecule has 0 radical (unpaired) electrons. The first-order chi connectivity index (χ1) is 11.3. The number of rotatable bonds is 4. The molecular formula is C19H29N3O. The minimum Gasteiger partial charge on any atom is -0.508 e. The van der Waals surface area contributed by atoms with Crippen molar-refractivity contribution in [2.75, 3.05) is 13.1 Å². The molecule has 1 aromatic carbocycles. The smallest absolute Gasteiger partial charge is 0.115 e. The van der Waals surface area contributed by atoms with Gasteiger partial charge in [-0.25, -0.2) is 5.01 Å². The van der Waals surface area contributed by atoms with Gasteiger partial charge in [0.25, 0.3) is 0 Å². The first kappa shape index (κ1) is 15.4. The van der Waals surface area contributed by atoms with Gasteiger partial charge in [-0.3, -0.25) is 10.3 Å². The summed E-state index contributed by atoms with van der Waals surface area (Å²) in [7, 11) is 0. The van der Waals surface area contributed by atoms with E-state index in [1.165, 1.54) is 57.1 Å². The van der Waals surface area contributed by atoms with Gasteiger partial charge >= 0.3 is 0 Å². The molecule has 1 saturated carbocycles. The van der Waals surface area contributed by atoms with E-state index < -0.39 is 0 Å². The van der Waals surface area contributed by atoms with Gasteiger partial charge in [0.1, 0.15) is 5.75 Å². The van der Waals surface area contributed by atoms with E-state index >= 15 is 0 Å². The predicted molar refractivity (Wildman–Crippen MR) is 92.0 cm³/mol. The fraction of sp³-hybridized carbons (Fsp3) is 0.684. The van der Waals surface area contributed by atoms with Crippen LogP contribution in [0.15, 0.2) is 24.3 Å². The Bertz CT molecular complexity index is 529. The Morgan fingerprint density at radius 1 is 1.04 bits per heavy atom. The third kappa shape index (κ3) is 3.39. The lowest BCUT2D eigenvalue weighted by atomic mass is 10.0. The highest BCUT2D eigenvalue weighted by atomic mass is 16.3. The highest BCUT2D eigenvalue weighted by Gasteiger charge is 2.38. The maximum absolute atomic E-state index is 9.63. The lowest BCUT2D eigenvalue weighted by Crippen LogP contribution is -2.52. The zero-order valence-electron chi connectivity index (χ0n) is 14.0. The Balaban J connectivity index is 1.36. The molecule has 23 heavy (non-hydrogen) atoms. The van der Waals surface area contributed by atoms with E-state index in [4.69, 9.17) is 0 Å². The molecule has 3 fully saturated rings. The summed E-state index contributed by atoms with van der Waals surface area (Å²) in [6.07, 6.45) is 11.1. The van der Waals surface area contributed by atoms with E-state index in [-0.39, 0.29) is 0 Å². The second kappa shape index (κ2) is 6.80. The van der Waals surface area contributed by atoms with Crippen LogP contribution in [-0.2, 0) is 6.42 Å². The molecule has 2 atom stereocenters. The molecule has 4 nitrogen and oxygen atoms in total. The van der Waals surface area contributed by atoms with Crippen molar-refractivity contribution in [2.45, 2.75) is 69.6 Å². The maximum Gasteiger partial charge on any atom is 0.115 e. The maximum atomic E-state index is 9.63. The molecule has 0 spiro atoms. The van der Waals surface area contributed by atoms with Crippen LogP contribution in [0, 0.1) is 0 Å². The van der Waals surface area contributed by atoms with Crippen molar-refractivity contribution in [3.8, 4) is 5.75 Å². The monoisotopic (exact) mass is 315 g/mol. The van der Waals surface area contributed by atoms with Crippen molar-refractivity contribution in [1.29, 1.82) is 0 Å². The van der Waals surface area contributed by atoms with E-state index in [1.54, 1.807) is 6.07 Å². The minimum absolute atomic E-state index is 0.376. The summed E-state index contributed by atoms with van der Waals surface area (Å²) in [5.74, 6) is 0.376. The Kier molecular flexibility index (Phi) is 4.56. The predicted octanol–water partition coefficient (Wildman–Crippen LogP) is 2.88. The molecule has 0 aromatic heterocycles. The highest BCUT2D eigenvalue weighted by molar-refractivity contribution is 5.27. The fourth-order valence-corrected chi connectivity index (χ4v) is 4.78. The third-order valence-electron chi connectivity index (χ3n) is 5.87. The van der Waals surface area contributed by atoms with E-state index in [0.717, 1.165) is 19.0 Å². The van der Waals surface area contributed by atoms with Gasteiger partial charge in [0.2, 0.25) is 0 Å². The molecule has 4 heteroatoms. The van der Waals surface area contributed by atoms with E-state index in [2.05, 4.69) is 21.4 Å². The largest absolute Gasteiger partial charge is 0.508 e. The summed E-state index contributed by atoms with van der Waals surface area (Å²) in [6.45, 7) is 2.43. The number of hydrogen-bond acceptors (Lipinski definition) is 4. The average Bonchev–Trinajstić information content (AvgIpc) is 3.28. The molecule has 1 aromatic rings. The van der Waals surface area contributed by atoms with Crippen molar-refractivity contribution >= 4 is 0 Å². The molecule has 2 aliphatic heterocycles. The van der Waals surface area contributed by atoms with Crippen molar-refractivity contribution in [1.82, 2.24) is 15.3 Å². The van der Waals surface area contributed by atoms with Crippen molar-refractivity contribution in [2.24, 2.45) is 0 Å². The van der Waals surface area contributed by atoms with E-state index in [1.807, 2.05) is 12.1 Å². The molecule has 0 bridgehead atoms. The Labute approximate surface area is 139 Å². The van der Waals surface area contributed by atoms with Crippen molar-refractivity contribution in [3.05, 3.63) is 29.8 Å². The standard InChI is InChI=1S/C19H29N3O/c23-18-8-3-5-15(14-18)13-16-10-12-22(20-16)19-9-4-11-21(19)17-6-1-2-7-17/h3,5,8,14,16-17,19-20,23H,1-2,4,6-7,9-13H2/t16?,19-/m1/s1. The molecule has 2 saturated heterocycles. The molecule has 2 N–H and O–H groups in total. The van der Waals surface area contributed by atoms with Gasteiger partial charge in [0.05, 0.1) is 6.17 Å². The van der Waals surface area contributed by atoms with Crippen LogP contribution in [-0.4, -0.2) is 46.4 Å². The number of nitrogens with one attached hydrogen (secondary N) is 1. The van der Waals surface area contributed by atoms with Gasteiger partial charge in [-0.15, -0.1) is 0 Å². The number of hydrazine groups is 1. The summed E-state index contributed by atoms with van der Waals surface area (Å²) >= 11 is 0. The van der Waals surface area contributed by atoms with Crippen LogP contribution < -0.4 is 5.43 Å². The number of nitrogens with zero attached hydrogens (tertiary/aromatic N) is 2. The van der Waals surface area contributed by atoms with Crippen LogP contribution in [0.4, 0.5) is 0 Å². The SMILES string of the molecule is Oc1cccc(CC2CCN([C@@H]3CCCN3C3CCCC3)N2)c1. The first-order valence-electron chi connectivity index (χ1n) is 9.36. The van der Waals surface area contributed by atoms with Crippen LogP contribution in [0.2, 0.25) is 0 Å². The van der Waals surface area contributed by atoms with E-state index in [9.17, 15) is 5.11 Å². The minimum atomic E-state index is 0.376. The van der Waals surface area contributed by atoms with Gasteiger partial charge in [-0.1, -0.05) is 25.0 Å². The number of phenolic OH excluding ortho intramolecular Hbond substituents is 1. The van der Waals surface area contributed by atoms with E-state index in [0.29, 0.717) is 18.0 Å². The normalized spacial score (nSPS) is 30.4. The van der Waals surface area contributed by atoms with Crippen LogP contribution >= 0.6 is 0 Å². The van der Waals surface area contributed by atoms with Crippen LogP contribution in [0.3, 0.4) is 0 Å². The van der Waals surface area contributed by atoms with Gasteiger partial charge in [0, 0.05) is 25.2 Å². The number of likely N-dealkylation sites (tertiary alicyclic amines) is 1. The van der Waals surface area contributed by atoms with Crippen molar-refractivity contribution < 1.29 is 5.11 Å². The summed E-state index contributed by atoms with van der Waals surface area (Å²) in [5, 5.41) is 12.1. The number of phenols is 1. The molecule has 0 amide bonds. The molecule has 1 unspecified atom stereocenters. The second-order valence-electron chi connectivity index (χ2n) is 7.48. The number of benzene rings is 1. The summed E-state index contributed by atoms with van der Waals surface area (Å²) in [6, 6.07) is 9.03. The molecule has 1 aliphatic carbocycles. The van der Waals surface area contributed by atoms with Crippen LogP contribution in [0.5, 0.6) is 5.75 Å². The first-order valence-corrected chi connectivity index (χ1v) is 9.36. The van der Waals surface area contributed by atoms with Gasteiger partial charge in [-0.05, 0) is 56.2 Å². The average molecular weight is 315 g/mol.